The quantitative estimate of drug-likeness (QED) is 0.387. The Morgan fingerprint density at radius 2 is 1.97 bits per heavy atom. The number of carbonyl (C=O) groups is 1. The molecule has 0 saturated heterocycles. The molecule has 0 unspecified atom stereocenters. The number of ether oxygens (including phenoxy) is 1. The van der Waals surface area contributed by atoms with Gasteiger partial charge in [0.25, 0.3) is 0 Å². The van der Waals surface area contributed by atoms with Gasteiger partial charge in [0.1, 0.15) is 5.82 Å². The summed E-state index contributed by atoms with van der Waals surface area (Å²) in [6.45, 7) is 2.86. The van der Waals surface area contributed by atoms with Gasteiger partial charge >= 0.3 is 6.18 Å². The van der Waals surface area contributed by atoms with E-state index >= 15 is 0 Å². The van der Waals surface area contributed by atoms with Gasteiger partial charge in [-0.2, -0.15) is 13.2 Å². The van der Waals surface area contributed by atoms with Gasteiger partial charge in [-0.1, -0.05) is 6.08 Å². The van der Waals surface area contributed by atoms with Gasteiger partial charge in [-0.15, -0.1) is 0 Å². The number of halogens is 4. The normalized spacial score (nSPS) is 22.2. The minimum Gasteiger partial charge on any atom is -0.385 e. The molecule has 3 rings (SSSR count). The number of nitrogens with zero attached hydrogens (tertiary/aromatic N) is 1. The number of hydrogen-bond donors (Lipinski definition) is 1. The van der Waals surface area contributed by atoms with Crippen LogP contribution in [0.2, 0.25) is 0 Å². The predicted molar refractivity (Wildman–Crippen MR) is 120 cm³/mol. The molecule has 1 aliphatic carbocycles. The third-order valence-corrected chi connectivity index (χ3v) is 6.75. The van der Waals surface area contributed by atoms with Gasteiger partial charge in [0.05, 0.1) is 5.56 Å². The summed E-state index contributed by atoms with van der Waals surface area (Å²) in [5.74, 6) is 0.117. The van der Waals surface area contributed by atoms with Crippen LogP contribution in [0.1, 0.15) is 62.5 Å². The second-order valence-electron chi connectivity index (χ2n) is 9.14. The number of carbonyl (C=O) groups excluding carboxylic acids is 1. The van der Waals surface area contributed by atoms with E-state index in [0.717, 1.165) is 63.3 Å². The molecular formula is C25H34F4N2O2. The zero-order chi connectivity index (χ0) is 23.8. The number of benzene rings is 1. The van der Waals surface area contributed by atoms with Gasteiger partial charge in [-0.05, 0) is 81.2 Å². The molecule has 2 aliphatic rings. The highest BCUT2D eigenvalue weighted by atomic mass is 19.4. The molecule has 1 fully saturated rings. The topological polar surface area (TPSA) is 41.6 Å². The first-order chi connectivity index (χ1) is 15.8. The van der Waals surface area contributed by atoms with Crippen LogP contribution in [0.25, 0.3) is 5.57 Å². The summed E-state index contributed by atoms with van der Waals surface area (Å²) in [6.07, 6.45) is 4.41. The second-order valence-corrected chi connectivity index (χ2v) is 9.14. The molecule has 0 spiro atoms. The minimum absolute atomic E-state index is 0.0621. The third kappa shape index (κ3) is 7.81. The van der Waals surface area contributed by atoms with E-state index in [2.05, 4.69) is 10.2 Å². The van der Waals surface area contributed by atoms with Crippen molar-refractivity contribution in [1.82, 2.24) is 10.2 Å². The van der Waals surface area contributed by atoms with Crippen molar-refractivity contribution in [3.05, 3.63) is 41.2 Å². The maximum absolute atomic E-state index is 14.2. The fraction of sp³-hybridized carbons (Fsp3) is 0.640. The largest absolute Gasteiger partial charge is 0.416 e. The zero-order valence-corrected chi connectivity index (χ0v) is 19.2. The van der Waals surface area contributed by atoms with Crippen molar-refractivity contribution in [2.45, 2.75) is 63.6 Å². The van der Waals surface area contributed by atoms with E-state index < -0.39 is 17.6 Å². The second kappa shape index (κ2) is 12.0. The Bertz CT molecular complexity index is 817. The van der Waals surface area contributed by atoms with Crippen LogP contribution in [0.5, 0.6) is 0 Å². The molecular weight excluding hydrogens is 436 g/mol. The predicted octanol–water partition coefficient (Wildman–Crippen LogP) is 5.43. The SMILES string of the molecule is COCCCC(=O)NC1CCC(CCN2CC=C(c3cc(C(F)(F)F)ccc3F)CC2)CC1. The van der Waals surface area contributed by atoms with Crippen LogP contribution < -0.4 is 5.32 Å². The van der Waals surface area contributed by atoms with Crippen molar-refractivity contribution >= 4 is 11.5 Å². The lowest BCUT2D eigenvalue weighted by atomic mass is 9.84. The average molecular weight is 471 g/mol. The summed E-state index contributed by atoms with van der Waals surface area (Å²) in [7, 11) is 1.63. The highest BCUT2D eigenvalue weighted by molar-refractivity contribution is 5.76. The molecule has 1 aromatic carbocycles. The Morgan fingerprint density at radius 3 is 2.61 bits per heavy atom. The van der Waals surface area contributed by atoms with Crippen molar-refractivity contribution in [3.8, 4) is 0 Å². The lowest BCUT2D eigenvalue weighted by Crippen LogP contribution is -2.38. The molecule has 1 aliphatic heterocycles. The van der Waals surface area contributed by atoms with Gasteiger partial charge in [0, 0.05) is 44.8 Å². The molecule has 1 heterocycles. The lowest BCUT2D eigenvalue weighted by molar-refractivity contribution is -0.137. The highest BCUT2D eigenvalue weighted by Gasteiger charge is 2.31. The standard InChI is InChI=1S/C25H34F4N2O2/c1-33-16-2-3-24(32)30-21-7-4-18(5-8-21)10-13-31-14-11-19(12-15-31)22-17-20(25(27,28)29)6-9-23(22)26/h6,9,11,17-18,21H,2-5,7-8,10,12-16H2,1H3,(H,30,32). The van der Waals surface area contributed by atoms with Gasteiger partial charge in [-0.3, -0.25) is 9.69 Å². The van der Waals surface area contributed by atoms with Crippen molar-refractivity contribution in [3.63, 3.8) is 0 Å². The number of nitrogens with one attached hydrogen (secondary N) is 1. The molecule has 33 heavy (non-hydrogen) atoms. The summed E-state index contributed by atoms with van der Waals surface area (Å²) < 4.78 is 58.1. The zero-order valence-electron chi connectivity index (χ0n) is 19.2. The van der Waals surface area contributed by atoms with Crippen molar-refractivity contribution in [2.24, 2.45) is 5.92 Å². The van der Waals surface area contributed by atoms with Crippen LogP contribution in [0, 0.1) is 11.7 Å². The molecule has 1 N–H and O–H groups in total. The Morgan fingerprint density at radius 1 is 1.21 bits per heavy atom. The molecule has 1 saturated carbocycles. The summed E-state index contributed by atoms with van der Waals surface area (Å²) >= 11 is 0. The molecule has 0 aromatic heterocycles. The van der Waals surface area contributed by atoms with Crippen molar-refractivity contribution in [1.29, 1.82) is 0 Å². The Kier molecular flexibility index (Phi) is 9.32. The monoisotopic (exact) mass is 470 g/mol. The van der Waals surface area contributed by atoms with Crippen LogP contribution in [-0.4, -0.2) is 50.2 Å². The molecule has 0 atom stereocenters. The van der Waals surface area contributed by atoms with Crippen LogP contribution in [0.3, 0.4) is 0 Å². The summed E-state index contributed by atoms with van der Waals surface area (Å²) in [4.78, 5) is 14.2. The first-order valence-electron chi connectivity index (χ1n) is 11.8. The molecule has 184 valence electrons. The Labute approximate surface area is 193 Å². The van der Waals surface area contributed by atoms with E-state index in [-0.39, 0.29) is 17.5 Å². The fourth-order valence-electron chi connectivity index (χ4n) is 4.74. The summed E-state index contributed by atoms with van der Waals surface area (Å²) in [6, 6.07) is 2.88. The molecule has 0 radical (unpaired) electrons. The van der Waals surface area contributed by atoms with Crippen LogP contribution in [-0.2, 0) is 15.7 Å². The maximum Gasteiger partial charge on any atom is 0.416 e. The maximum atomic E-state index is 14.2. The minimum atomic E-state index is -4.48. The van der Waals surface area contributed by atoms with E-state index in [0.29, 0.717) is 44.0 Å². The van der Waals surface area contributed by atoms with E-state index in [1.165, 1.54) is 0 Å². The summed E-state index contributed by atoms with van der Waals surface area (Å²) in [5.41, 5.74) is -0.104. The number of alkyl halides is 3. The Balaban J connectivity index is 1.40. The number of hydrogen-bond acceptors (Lipinski definition) is 3. The van der Waals surface area contributed by atoms with Gasteiger partial charge in [0.15, 0.2) is 0 Å². The highest BCUT2D eigenvalue weighted by Crippen LogP contribution is 2.34. The number of methoxy groups -OCH3 is 1. The molecule has 0 bridgehead atoms. The lowest BCUT2D eigenvalue weighted by Gasteiger charge is -2.32. The third-order valence-electron chi connectivity index (χ3n) is 6.75. The van der Waals surface area contributed by atoms with Crippen LogP contribution in [0.15, 0.2) is 24.3 Å². The molecule has 8 heteroatoms. The average Bonchev–Trinajstić information content (AvgIpc) is 2.79. The Hall–Kier alpha value is -1.93. The molecule has 1 aromatic rings. The first-order valence-corrected chi connectivity index (χ1v) is 11.8. The molecule has 1 amide bonds. The summed E-state index contributed by atoms with van der Waals surface area (Å²) in [5, 5.41) is 3.13. The van der Waals surface area contributed by atoms with E-state index in [1.54, 1.807) is 7.11 Å². The number of rotatable bonds is 9. The van der Waals surface area contributed by atoms with E-state index in [1.807, 2.05) is 6.08 Å². The smallest absolute Gasteiger partial charge is 0.385 e. The first kappa shape index (κ1) is 25.7. The van der Waals surface area contributed by atoms with Gasteiger partial charge < -0.3 is 10.1 Å². The van der Waals surface area contributed by atoms with Crippen LogP contribution in [0.4, 0.5) is 17.6 Å². The molecule has 4 nitrogen and oxygen atoms in total. The van der Waals surface area contributed by atoms with Crippen molar-refractivity contribution < 1.29 is 27.1 Å². The van der Waals surface area contributed by atoms with Gasteiger partial charge in [0.2, 0.25) is 5.91 Å². The van der Waals surface area contributed by atoms with E-state index in [4.69, 9.17) is 4.74 Å². The van der Waals surface area contributed by atoms with Crippen LogP contribution >= 0.6 is 0 Å². The van der Waals surface area contributed by atoms with E-state index in [9.17, 15) is 22.4 Å². The van der Waals surface area contributed by atoms with Crippen molar-refractivity contribution in [2.75, 3.05) is 33.4 Å². The fourth-order valence-corrected chi connectivity index (χ4v) is 4.74. The number of amides is 1. The van der Waals surface area contributed by atoms with Gasteiger partial charge in [-0.25, -0.2) is 4.39 Å².